The lowest BCUT2D eigenvalue weighted by Gasteiger charge is -2.27. The summed E-state index contributed by atoms with van der Waals surface area (Å²) in [5, 5.41) is 15.5. The topological polar surface area (TPSA) is 168 Å². The SMILES string of the molecule is CCC(C)C(NC(=O)c1cc(-c2cc(C(=O)NCc3ccccc3Br)nc(C(=O)N3CCCC3CN(C)C)c2)cc(C(=O)N2CCCC2CN(C)C)n1)C(=O)O. The second-order valence-corrected chi connectivity index (χ2v) is 16.2. The van der Waals surface area contributed by atoms with Gasteiger partial charge >= 0.3 is 5.97 Å². The largest absolute Gasteiger partial charge is 0.480 e. The molecule has 2 fully saturated rings. The molecule has 2 aliphatic heterocycles. The van der Waals surface area contributed by atoms with Gasteiger partial charge in [-0.1, -0.05) is 54.4 Å². The van der Waals surface area contributed by atoms with Gasteiger partial charge in [0.05, 0.1) is 0 Å². The fourth-order valence-corrected chi connectivity index (χ4v) is 7.80. The van der Waals surface area contributed by atoms with E-state index in [-0.39, 0.29) is 59.1 Å². The molecule has 56 heavy (non-hydrogen) atoms. The number of hydrogen-bond acceptors (Lipinski definition) is 9. The molecular formula is C41H53BrN8O6. The van der Waals surface area contributed by atoms with E-state index < -0.39 is 23.8 Å². The highest BCUT2D eigenvalue weighted by molar-refractivity contribution is 9.10. The number of halogens is 1. The number of hydrogen-bond donors (Lipinski definition) is 3. The molecule has 4 unspecified atom stereocenters. The fraction of sp³-hybridized carbons (Fsp3) is 0.488. The van der Waals surface area contributed by atoms with E-state index in [9.17, 15) is 29.1 Å². The molecule has 4 amide bonds. The fourth-order valence-electron chi connectivity index (χ4n) is 7.38. The maximum absolute atomic E-state index is 14.3. The number of carbonyl (C=O) groups excluding carboxylic acids is 4. The van der Waals surface area contributed by atoms with Crippen molar-refractivity contribution in [3.05, 3.63) is 81.3 Å². The standard InChI is InChI=1S/C41H53BrN8O6/c1-7-25(2)36(41(55)56)46-38(52)33-19-28(21-35(45-33)40(54)50-17-11-14-30(50)24-48(5)6)27-18-32(37(51)43-22-26-12-8-9-15-31(26)42)44-34(20-27)39(53)49-16-10-13-29(49)23-47(3)4/h8-9,12,15,18-21,25,29-30,36H,7,10-11,13-14,16-17,22-24H2,1-6H3,(H,43,51)(H,46,52)(H,55,56). The molecule has 0 aliphatic carbocycles. The van der Waals surface area contributed by atoms with Crippen molar-refractivity contribution in [1.82, 2.24) is 40.2 Å². The third kappa shape index (κ3) is 10.4. The molecule has 14 nitrogen and oxygen atoms in total. The molecule has 2 aliphatic rings. The Morgan fingerprint density at radius 3 is 1.75 bits per heavy atom. The van der Waals surface area contributed by atoms with Gasteiger partial charge in [-0.3, -0.25) is 19.2 Å². The summed E-state index contributed by atoms with van der Waals surface area (Å²) in [7, 11) is 7.79. The maximum atomic E-state index is 14.3. The number of aromatic nitrogens is 2. The minimum atomic E-state index is -1.19. The second kappa shape index (κ2) is 18.9. The van der Waals surface area contributed by atoms with Crippen LogP contribution in [-0.2, 0) is 11.3 Å². The first-order valence-electron chi connectivity index (χ1n) is 19.2. The number of pyridine rings is 2. The number of likely N-dealkylation sites (tertiary alicyclic amines) is 2. The van der Waals surface area contributed by atoms with Gasteiger partial charge in [0.1, 0.15) is 28.8 Å². The molecule has 15 heteroatoms. The summed E-state index contributed by atoms with van der Waals surface area (Å²) in [6.07, 6.45) is 3.79. The van der Waals surface area contributed by atoms with E-state index in [0.29, 0.717) is 43.7 Å². The molecule has 2 aromatic heterocycles. The van der Waals surface area contributed by atoms with Gasteiger partial charge in [0.25, 0.3) is 23.6 Å². The molecule has 2 saturated heterocycles. The van der Waals surface area contributed by atoms with Gasteiger partial charge in [-0.15, -0.1) is 0 Å². The number of carboxylic acids is 1. The van der Waals surface area contributed by atoms with E-state index in [1.165, 1.54) is 12.1 Å². The van der Waals surface area contributed by atoms with Crippen LogP contribution in [-0.4, -0.2) is 137 Å². The number of carbonyl (C=O) groups is 5. The van der Waals surface area contributed by atoms with Crippen molar-refractivity contribution in [3.63, 3.8) is 0 Å². The van der Waals surface area contributed by atoms with Gasteiger partial charge in [0.15, 0.2) is 0 Å². The number of benzene rings is 1. The molecule has 3 aromatic rings. The monoisotopic (exact) mass is 832 g/mol. The number of amides is 4. The summed E-state index contributed by atoms with van der Waals surface area (Å²) in [4.78, 5) is 85.1. The summed E-state index contributed by atoms with van der Waals surface area (Å²) < 4.78 is 0.822. The van der Waals surface area contributed by atoms with Gasteiger partial charge in [-0.25, -0.2) is 14.8 Å². The van der Waals surface area contributed by atoms with Crippen LogP contribution in [0.3, 0.4) is 0 Å². The van der Waals surface area contributed by atoms with E-state index in [4.69, 9.17) is 0 Å². The first-order chi connectivity index (χ1) is 26.7. The third-order valence-corrected chi connectivity index (χ3v) is 11.3. The van der Waals surface area contributed by atoms with Crippen LogP contribution in [0.5, 0.6) is 0 Å². The van der Waals surface area contributed by atoms with Crippen LogP contribution in [0.25, 0.3) is 11.1 Å². The van der Waals surface area contributed by atoms with Gasteiger partial charge in [-0.2, -0.15) is 0 Å². The van der Waals surface area contributed by atoms with Crippen molar-refractivity contribution >= 4 is 45.5 Å². The minimum absolute atomic E-state index is 0.0103. The lowest BCUT2D eigenvalue weighted by molar-refractivity contribution is -0.140. The number of carboxylic acid groups (broad SMARTS) is 1. The molecule has 3 N–H and O–H groups in total. The van der Waals surface area contributed by atoms with Crippen molar-refractivity contribution in [2.75, 3.05) is 54.4 Å². The number of likely N-dealkylation sites (N-methyl/N-ethyl adjacent to an activating group) is 2. The Hall–Kier alpha value is -4.73. The van der Waals surface area contributed by atoms with E-state index in [1.54, 1.807) is 28.9 Å². The smallest absolute Gasteiger partial charge is 0.326 e. The zero-order chi connectivity index (χ0) is 40.7. The van der Waals surface area contributed by atoms with Crippen molar-refractivity contribution in [2.45, 2.75) is 70.6 Å². The van der Waals surface area contributed by atoms with Crippen molar-refractivity contribution in [1.29, 1.82) is 0 Å². The average Bonchev–Trinajstić information content (AvgIpc) is 3.83. The lowest BCUT2D eigenvalue weighted by atomic mass is 9.98. The Labute approximate surface area is 337 Å². The van der Waals surface area contributed by atoms with E-state index in [1.807, 2.05) is 69.2 Å². The quantitative estimate of drug-likeness (QED) is 0.200. The zero-order valence-electron chi connectivity index (χ0n) is 33.0. The highest BCUT2D eigenvalue weighted by Gasteiger charge is 2.34. The first kappa shape index (κ1) is 42.4. The molecular weight excluding hydrogens is 780 g/mol. The predicted octanol–water partition coefficient (Wildman–Crippen LogP) is 4.40. The Morgan fingerprint density at radius 1 is 0.804 bits per heavy atom. The molecule has 0 radical (unpaired) electrons. The summed E-state index contributed by atoms with van der Waals surface area (Å²) in [5.74, 6) is -3.56. The highest BCUT2D eigenvalue weighted by Crippen LogP contribution is 2.28. The predicted molar refractivity (Wildman–Crippen MR) is 216 cm³/mol. The summed E-state index contributed by atoms with van der Waals surface area (Å²) in [6.45, 7) is 6.12. The molecule has 300 valence electrons. The van der Waals surface area contributed by atoms with Crippen LogP contribution >= 0.6 is 15.9 Å². The zero-order valence-corrected chi connectivity index (χ0v) is 34.6. The van der Waals surface area contributed by atoms with Gasteiger partial charge < -0.3 is 35.3 Å². The Balaban J connectivity index is 1.62. The molecule has 0 spiro atoms. The number of rotatable bonds is 15. The maximum Gasteiger partial charge on any atom is 0.326 e. The normalized spacial score (nSPS) is 17.9. The Morgan fingerprint density at radius 2 is 1.29 bits per heavy atom. The van der Waals surface area contributed by atoms with Crippen LogP contribution in [0.2, 0.25) is 0 Å². The van der Waals surface area contributed by atoms with Gasteiger partial charge in [0, 0.05) is 49.3 Å². The molecule has 0 saturated carbocycles. The van der Waals surface area contributed by atoms with Gasteiger partial charge in [0.2, 0.25) is 0 Å². The molecule has 0 bridgehead atoms. The average molecular weight is 834 g/mol. The number of aliphatic carboxylic acids is 1. The van der Waals surface area contributed by atoms with E-state index in [0.717, 1.165) is 35.7 Å². The molecule has 1 aromatic carbocycles. The lowest BCUT2D eigenvalue weighted by Crippen LogP contribution is -2.45. The van der Waals surface area contributed by atoms with E-state index in [2.05, 4.69) is 36.5 Å². The first-order valence-corrected chi connectivity index (χ1v) is 20.0. The van der Waals surface area contributed by atoms with E-state index >= 15 is 0 Å². The van der Waals surface area contributed by atoms with Crippen LogP contribution in [0, 0.1) is 5.92 Å². The van der Waals surface area contributed by atoms with Gasteiger partial charge in [-0.05, 0) is 107 Å². The van der Waals surface area contributed by atoms with Crippen molar-refractivity contribution < 1.29 is 29.1 Å². The summed E-state index contributed by atoms with van der Waals surface area (Å²) in [6, 6.07) is 12.3. The van der Waals surface area contributed by atoms with Crippen molar-refractivity contribution in [2.24, 2.45) is 5.92 Å². The molecule has 4 heterocycles. The van der Waals surface area contributed by atoms with Crippen LogP contribution in [0.1, 0.15) is 93.5 Å². The highest BCUT2D eigenvalue weighted by atomic mass is 79.9. The molecule has 4 atom stereocenters. The summed E-state index contributed by atoms with van der Waals surface area (Å²) >= 11 is 3.52. The Bertz CT molecular complexity index is 1940. The number of nitrogens with one attached hydrogen (secondary N) is 2. The number of nitrogens with zero attached hydrogens (tertiary/aromatic N) is 6. The van der Waals surface area contributed by atoms with Crippen LogP contribution in [0.4, 0.5) is 0 Å². The van der Waals surface area contributed by atoms with Crippen LogP contribution < -0.4 is 10.6 Å². The second-order valence-electron chi connectivity index (χ2n) is 15.3. The van der Waals surface area contributed by atoms with Crippen molar-refractivity contribution in [3.8, 4) is 11.1 Å². The molecule has 5 rings (SSSR count). The third-order valence-electron chi connectivity index (χ3n) is 10.5. The van der Waals surface area contributed by atoms with Crippen LogP contribution in [0.15, 0.2) is 53.0 Å². The Kier molecular flexibility index (Phi) is 14.3. The minimum Gasteiger partial charge on any atom is -0.480 e. The summed E-state index contributed by atoms with van der Waals surface area (Å²) in [5.41, 5.74) is 1.40.